The van der Waals surface area contributed by atoms with Crippen LogP contribution in [0.5, 0.6) is 0 Å². The van der Waals surface area contributed by atoms with E-state index in [1.165, 1.54) is 11.1 Å². The van der Waals surface area contributed by atoms with Gasteiger partial charge < -0.3 is 9.84 Å². The molecule has 0 saturated carbocycles. The third-order valence-electron chi connectivity index (χ3n) is 6.74. The van der Waals surface area contributed by atoms with Crippen molar-refractivity contribution < 1.29 is 9.32 Å². The number of aromatic nitrogens is 2. The van der Waals surface area contributed by atoms with Crippen LogP contribution < -0.4 is 10.2 Å². The maximum absolute atomic E-state index is 13.4. The smallest absolute Gasteiger partial charge is 0.326 e. The van der Waals surface area contributed by atoms with Crippen molar-refractivity contribution in [3.8, 4) is 11.4 Å². The van der Waals surface area contributed by atoms with Crippen LogP contribution in [0.15, 0.2) is 83.0 Å². The summed E-state index contributed by atoms with van der Waals surface area (Å²) in [6, 6.07) is 23.7. The topological polar surface area (TPSA) is 71.3 Å². The van der Waals surface area contributed by atoms with Crippen molar-refractivity contribution in [1.82, 2.24) is 15.5 Å². The highest BCUT2D eigenvalue weighted by Gasteiger charge is 2.36. The predicted octanol–water partition coefficient (Wildman–Crippen LogP) is 6.87. The minimum Gasteiger partial charge on any atom is -0.334 e. The van der Waals surface area contributed by atoms with Crippen molar-refractivity contribution in [2.75, 3.05) is 4.90 Å². The van der Waals surface area contributed by atoms with E-state index >= 15 is 0 Å². The zero-order chi connectivity index (χ0) is 25.2. The second kappa shape index (κ2) is 9.82. The van der Waals surface area contributed by atoms with E-state index in [4.69, 9.17) is 9.51 Å². The molecule has 1 aliphatic heterocycles. The number of aryl methyl sites for hydroxylation is 3. The summed E-state index contributed by atoms with van der Waals surface area (Å²) in [7, 11) is 0. The number of rotatable bonds is 6. The number of amides is 2. The molecule has 0 radical (unpaired) electrons. The summed E-state index contributed by atoms with van der Waals surface area (Å²) >= 11 is 0. The minimum atomic E-state index is -0.416. The third kappa shape index (κ3) is 4.42. The Bertz CT molecular complexity index is 1420. The van der Waals surface area contributed by atoms with Crippen LogP contribution >= 0.6 is 0 Å². The van der Waals surface area contributed by atoms with Gasteiger partial charge in [0.15, 0.2) is 0 Å². The predicted molar refractivity (Wildman–Crippen MR) is 142 cm³/mol. The van der Waals surface area contributed by atoms with E-state index in [2.05, 4.69) is 48.6 Å². The number of urea groups is 1. The van der Waals surface area contributed by atoms with Gasteiger partial charge >= 0.3 is 6.03 Å². The average molecular weight is 479 g/mol. The number of nitrogens with one attached hydrogen (secondary N) is 1. The highest BCUT2D eigenvalue weighted by molar-refractivity contribution is 6.01. The maximum atomic E-state index is 13.4. The molecule has 4 aromatic rings. The molecule has 3 aromatic carbocycles. The SMILES string of the molecule is CCc1ccc(C2NC(=O)N(c3ccc(CC)cc3)C(C)=C2c2nc(-c3cccc(C)c3)no2)cc1. The average Bonchev–Trinajstić information content (AvgIpc) is 3.39. The highest BCUT2D eigenvalue weighted by atomic mass is 16.5. The van der Waals surface area contributed by atoms with E-state index in [1.54, 1.807) is 4.90 Å². The highest BCUT2D eigenvalue weighted by Crippen LogP contribution is 2.39. The molecule has 2 amide bonds. The second-order valence-corrected chi connectivity index (χ2v) is 9.12. The van der Waals surface area contributed by atoms with Gasteiger partial charge in [0.1, 0.15) is 0 Å². The molecular weight excluding hydrogens is 448 g/mol. The number of anilines is 1. The first kappa shape index (κ1) is 23.5. The number of benzene rings is 3. The number of hydrogen-bond acceptors (Lipinski definition) is 4. The summed E-state index contributed by atoms with van der Waals surface area (Å²) in [5.41, 5.74) is 7.75. The molecule has 6 nitrogen and oxygen atoms in total. The van der Waals surface area contributed by atoms with E-state index in [1.807, 2.05) is 62.4 Å². The largest absolute Gasteiger partial charge is 0.334 e. The van der Waals surface area contributed by atoms with Gasteiger partial charge in [0.25, 0.3) is 5.89 Å². The first-order valence-corrected chi connectivity index (χ1v) is 12.4. The minimum absolute atomic E-state index is 0.191. The standard InChI is InChI=1S/C30H30N4O2/c1-5-21-10-14-23(15-11-21)27-26(29-32-28(33-36-29)24-9-7-8-19(3)18-24)20(4)34(30(35)31-27)25-16-12-22(6-2)13-17-25/h7-18,27H,5-6H2,1-4H3,(H,31,35). The summed E-state index contributed by atoms with van der Waals surface area (Å²) < 4.78 is 5.82. The molecular formula is C30H30N4O2. The Hall–Kier alpha value is -4.19. The lowest BCUT2D eigenvalue weighted by molar-refractivity contribution is 0.244. The van der Waals surface area contributed by atoms with Crippen molar-refractivity contribution in [3.63, 3.8) is 0 Å². The third-order valence-corrected chi connectivity index (χ3v) is 6.74. The van der Waals surface area contributed by atoms with Crippen molar-refractivity contribution in [2.45, 2.75) is 46.6 Å². The molecule has 1 N–H and O–H groups in total. The summed E-state index contributed by atoms with van der Waals surface area (Å²) in [6.45, 7) is 8.21. The van der Waals surface area contributed by atoms with Crippen LogP contribution in [0.1, 0.15) is 55.0 Å². The monoisotopic (exact) mass is 478 g/mol. The Balaban J connectivity index is 1.63. The molecule has 2 heterocycles. The van der Waals surface area contributed by atoms with Crippen LogP contribution in [0.3, 0.4) is 0 Å². The fourth-order valence-electron chi connectivity index (χ4n) is 4.64. The molecule has 0 bridgehead atoms. The number of carbonyl (C=O) groups excluding carboxylic acids is 1. The Kier molecular flexibility index (Phi) is 6.42. The Morgan fingerprint density at radius 3 is 2.22 bits per heavy atom. The molecule has 5 rings (SSSR count). The lowest BCUT2D eigenvalue weighted by Crippen LogP contribution is -2.46. The zero-order valence-electron chi connectivity index (χ0n) is 21.1. The Labute approximate surface area is 211 Å². The van der Waals surface area contributed by atoms with Gasteiger partial charge in [0, 0.05) is 11.3 Å². The normalized spacial score (nSPS) is 15.8. The lowest BCUT2D eigenvalue weighted by atomic mass is 9.93. The van der Waals surface area contributed by atoms with Crippen molar-refractivity contribution in [2.24, 2.45) is 0 Å². The molecule has 6 heteroatoms. The molecule has 0 aliphatic carbocycles. The second-order valence-electron chi connectivity index (χ2n) is 9.12. The molecule has 0 spiro atoms. The van der Waals surface area contributed by atoms with E-state index < -0.39 is 6.04 Å². The zero-order valence-corrected chi connectivity index (χ0v) is 21.1. The summed E-state index contributed by atoms with van der Waals surface area (Å²) in [4.78, 5) is 19.9. The number of hydrogen-bond donors (Lipinski definition) is 1. The number of nitrogens with zero attached hydrogens (tertiary/aromatic N) is 3. The molecule has 1 aromatic heterocycles. The van der Waals surface area contributed by atoms with Gasteiger partial charge in [-0.2, -0.15) is 4.98 Å². The quantitative estimate of drug-likeness (QED) is 0.328. The lowest BCUT2D eigenvalue weighted by Gasteiger charge is -2.35. The van der Waals surface area contributed by atoms with Crippen LogP contribution in [0, 0.1) is 6.92 Å². The van der Waals surface area contributed by atoms with Crippen LogP contribution in [0.25, 0.3) is 17.0 Å². The number of allylic oxidation sites excluding steroid dienone is 1. The van der Waals surface area contributed by atoms with E-state index in [0.717, 1.165) is 46.5 Å². The van der Waals surface area contributed by atoms with Gasteiger partial charge in [0.2, 0.25) is 5.82 Å². The van der Waals surface area contributed by atoms with Gasteiger partial charge in [-0.25, -0.2) is 4.79 Å². The first-order chi connectivity index (χ1) is 17.5. The first-order valence-electron chi connectivity index (χ1n) is 12.4. The van der Waals surface area contributed by atoms with E-state index in [9.17, 15) is 4.79 Å². The Morgan fingerprint density at radius 1 is 0.917 bits per heavy atom. The summed E-state index contributed by atoms with van der Waals surface area (Å²) in [5, 5.41) is 7.47. The van der Waals surface area contributed by atoms with Gasteiger partial charge in [-0.15, -0.1) is 0 Å². The molecule has 1 aliphatic rings. The fourth-order valence-corrected chi connectivity index (χ4v) is 4.64. The van der Waals surface area contributed by atoms with Gasteiger partial charge in [-0.3, -0.25) is 4.90 Å². The van der Waals surface area contributed by atoms with Gasteiger partial charge in [-0.1, -0.05) is 79.2 Å². The molecule has 1 atom stereocenters. The van der Waals surface area contributed by atoms with E-state index in [0.29, 0.717) is 11.7 Å². The molecule has 0 saturated heterocycles. The van der Waals surface area contributed by atoms with Crippen LogP contribution in [-0.2, 0) is 12.8 Å². The van der Waals surface area contributed by atoms with E-state index in [-0.39, 0.29) is 6.03 Å². The molecule has 0 fully saturated rings. The van der Waals surface area contributed by atoms with Crippen molar-refractivity contribution in [1.29, 1.82) is 0 Å². The van der Waals surface area contributed by atoms with Crippen LogP contribution in [0.4, 0.5) is 10.5 Å². The molecule has 1 unspecified atom stereocenters. The summed E-state index contributed by atoms with van der Waals surface area (Å²) in [6.07, 6.45) is 1.89. The Morgan fingerprint density at radius 2 is 1.58 bits per heavy atom. The molecule has 182 valence electrons. The number of carbonyl (C=O) groups is 1. The van der Waals surface area contributed by atoms with Crippen molar-refractivity contribution >= 4 is 17.3 Å². The van der Waals surface area contributed by atoms with Crippen LogP contribution in [0.2, 0.25) is 0 Å². The van der Waals surface area contributed by atoms with Crippen LogP contribution in [-0.4, -0.2) is 16.2 Å². The maximum Gasteiger partial charge on any atom is 0.326 e. The summed E-state index contributed by atoms with van der Waals surface area (Å²) in [5.74, 6) is 0.911. The van der Waals surface area contributed by atoms with Crippen molar-refractivity contribution in [3.05, 3.63) is 107 Å². The van der Waals surface area contributed by atoms with Gasteiger partial charge in [-0.05, 0) is 61.6 Å². The van der Waals surface area contributed by atoms with Gasteiger partial charge in [0.05, 0.1) is 17.3 Å². The fraction of sp³-hybridized carbons (Fsp3) is 0.233. The molecule has 36 heavy (non-hydrogen) atoms.